The first kappa shape index (κ1) is 18.6. The van der Waals surface area contributed by atoms with E-state index in [1.54, 1.807) is 7.11 Å². The second kappa shape index (κ2) is 6.69. The Hall–Kier alpha value is -1.76. The number of ether oxygens (including phenoxy) is 1. The highest BCUT2D eigenvalue weighted by molar-refractivity contribution is 5.89. The molecule has 4 aliphatic rings. The van der Waals surface area contributed by atoms with E-state index in [2.05, 4.69) is 10.6 Å². The molecule has 0 aliphatic heterocycles. The van der Waals surface area contributed by atoms with Crippen molar-refractivity contribution >= 4 is 11.7 Å². The van der Waals surface area contributed by atoms with Gasteiger partial charge in [-0.05, 0) is 80.0 Å². The van der Waals surface area contributed by atoms with E-state index in [-0.39, 0.29) is 5.60 Å². The largest absolute Gasteiger partial charge is 0.416 e. The number of methoxy groups -OCH3 is 1. The van der Waals surface area contributed by atoms with Gasteiger partial charge in [-0.1, -0.05) is 0 Å². The fourth-order valence-electron chi connectivity index (χ4n) is 5.81. The van der Waals surface area contributed by atoms with Crippen LogP contribution in [0.5, 0.6) is 0 Å². The topological polar surface area (TPSA) is 50.4 Å². The van der Waals surface area contributed by atoms with Gasteiger partial charge in [-0.15, -0.1) is 0 Å². The van der Waals surface area contributed by atoms with Crippen LogP contribution in [0.3, 0.4) is 0 Å². The predicted molar refractivity (Wildman–Crippen MR) is 95.3 cm³/mol. The molecule has 1 aromatic rings. The van der Waals surface area contributed by atoms with E-state index in [0.29, 0.717) is 24.1 Å². The van der Waals surface area contributed by atoms with Gasteiger partial charge in [0.2, 0.25) is 0 Å². The monoisotopic (exact) mass is 382 g/mol. The smallest absolute Gasteiger partial charge is 0.376 e. The van der Waals surface area contributed by atoms with Crippen molar-refractivity contribution in [2.45, 2.75) is 43.9 Å². The van der Waals surface area contributed by atoms with Gasteiger partial charge < -0.3 is 15.4 Å². The summed E-state index contributed by atoms with van der Waals surface area (Å²) in [4.78, 5) is 12.3. The van der Waals surface area contributed by atoms with Crippen molar-refractivity contribution in [3.63, 3.8) is 0 Å². The van der Waals surface area contributed by atoms with E-state index < -0.39 is 17.8 Å². The molecular weight excluding hydrogens is 357 g/mol. The predicted octanol–water partition coefficient (Wildman–Crippen LogP) is 4.67. The molecule has 27 heavy (non-hydrogen) atoms. The van der Waals surface area contributed by atoms with Gasteiger partial charge in [0, 0.05) is 19.3 Å². The molecule has 4 nitrogen and oxygen atoms in total. The molecule has 0 radical (unpaired) electrons. The summed E-state index contributed by atoms with van der Waals surface area (Å²) in [6, 6.07) is 4.03. The highest BCUT2D eigenvalue weighted by Crippen LogP contribution is 2.59. The molecule has 4 bridgehead atoms. The Labute approximate surface area is 156 Å². The van der Waals surface area contributed by atoms with Gasteiger partial charge in [-0.3, -0.25) is 0 Å². The zero-order valence-corrected chi connectivity index (χ0v) is 15.3. The molecule has 148 valence electrons. The highest BCUT2D eigenvalue weighted by Gasteiger charge is 2.57. The third-order valence-electron chi connectivity index (χ3n) is 6.90. The first-order chi connectivity index (χ1) is 12.8. The quantitative estimate of drug-likeness (QED) is 0.795. The number of rotatable bonds is 4. The van der Waals surface area contributed by atoms with Crippen LogP contribution >= 0.6 is 0 Å². The third-order valence-corrected chi connectivity index (χ3v) is 6.90. The van der Waals surface area contributed by atoms with Gasteiger partial charge in [0.15, 0.2) is 0 Å². The van der Waals surface area contributed by atoms with Crippen LogP contribution in [-0.4, -0.2) is 25.3 Å². The maximum Gasteiger partial charge on any atom is 0.416 e. The summed E-state index contributed by atoms with van der Waals surface area (Å²) in [7, 11) is 1.73. The number of amides is 2. The molecule has 0 spiro atoms. The van der Waals surface area contributed by atoms with Crippen molar-refractivity contribution < 1.29 is 22.7 Å². The lowest BCUT2D eigenvalue weighted by molar-refractivity contribution is -0.186. The van der Waals surface area contributed by atoms with Gasteiger partial charge in [-0.2, -0.15) is 13.2 Å². The standard InChI is InChI=1S/C20H25F3N2O2/c1-27-19(15-7-12-6-13(9-15)10-16(19)8-12)11-24-18(26)25-17-4-2-14(3-5-17)20(21,22)23/h2-5,12-13,15-16H,6-11H2,1H3,(H2,24,25,26). The molecule has 0 unspecified atom stereocenters. The fourth-order valence-corrected chi connectivity index (χ4v) is 5.81. The molecule has 0 aromatic heterocycles. The van der Waals surface area contributed by atoms with E-state index in [4.69, 9.17) is 4.74 Å². The highest BCUT2D eigenvalue weighted by atomic mass is 19.4. The molecule has 1 aromatic carbocycles. The number of anilines is 1. The number of halogens is 3. The molecule has 5 rings (SSSR count). The van der Waals surface area contributed by atoms with Gasteiger partial charge in [-0.25, -0.2) is 4.79 Å². The Morgan fingerprint density at radius 1 is 1.07 bits per heavy atom. The van der Waals surface area contributed by atoms with Crippen LogP contribution in [0.2, 0.25) is 0 Å². The molecule has 7 heteroatoms. The first-order valence-electron chi connectivity index (χ1n) is 9.57. The maximum absolute atomic E-state index is 12.6. The van der Waals surface area contributed by atoms with E-state index in [1.807, 2.05) is 0 Å². The number of nitrogens with one attached hydrogen (secondary N) is 2. The van der Waals surface area contributed by atoms with Crippen LogP contribution in [0.1, 0.15) is 37.7 Å². The molecular formula is C20H25F3N2O2. The lowest BCUT2D eigenvalue weighted by Crippen LogP contribution is -2.63. The second-order valence-electron chi connectivity index (χ2n) is 8.35. The Bertz CT molecular complexity index is 674. The minimum Gasteiger partial charge on any atom is -0.376 e. The van der Waals surface area contributed by atoms with Crippen molar-refractivity contribution in [3.8, 4) is 0 Å². The summed E-state index contributed by atoms with van der Waals surface area (Å²) in [6.45, 7) is 0.435. The molecule has 2 N–H and O–H groups in total. The third kappa shape index (κ3) is 3.42. The number of alkyl halides is 3. The fraction of sp³-hybridized carbons (Fsp3) is 0.650. The SMILES string of the molecule is COC1(CNC(=O)Nc2ccc(C(F)(F)F)cc2)C2CC3CC(C2)CC1C3. The van der Waals surface area contributed by atoms with Crippen molar-refractivity contribution in [2.24, 2.45) is 23.7 Å². The number of carbonyl (C=O) groups excluding carboxylic acids is 1. The van der Waals surface area contributed by atoms with Gasteiger partial charge in [0.25, 0.3) is 0 Å². The average molecular weight is 382 g/mol. The van der Waals surface area contributed by atoms with Crippen LogP contribution < -0.4 is 10.6 Å². The molecule has 0 saturated heterocycles. The van der Waals surface area contributed by atoms with E-state index in [1.165, 1.54) is 44.2 Å². The number of hydrogen-bond acceptors (Lipinski definition) is 2. The maximum atomic E-state index is 12.6. The summed E-state index contributed by atoms with van der Waals surface area (Å²) in [5, 5.41) is 5.51. The Balaban J connectivity index is 1.37. The number of urea groups is 1. The van der Waals surface area contributed by atoms with Crippen LogP contribution in [0, 0.1) is 23.7 Å². The summed E-state index contributed by atoms with van der Waals surface area (Å²) >= 11 is 0. The van der Waals surface area contributed by atoms with Crippen molar-refractivity contribution in [1.82, 2.24) is 5.32 Å². The number of benzene rings is 1. The van der Waals surface area contributed by atoms with Gasteiger partial charge >= 0.3 is 12.2 Å². The van der Waals surface area contributed by atoms with Crippen molar-refractivity contribution in [3.05, 3.63) is 29.8 Å². The van der Waals surface area contributed by atoms with Gasteiger partial charge in [0.05, 0.1) is 11.2 Å². The molecule has 2 amide bonds. The zero-order valence-electron chi connectivity index (χ0n) is 15.3. The van der Waals surface area contributed by atoms with Crippen molar-refractivity contribution in [1.29, 1.82) is 0 Å². The molecule has 4 fully saturated rings. The van der Waals surface area contributed by atoms with Crippen LogP contribution in [0.25, 0.3) is 0 Å². The molecule has 4 aliphatic carbocycles. The van der Waals surface area contributed by atoms with Crippen molar-refractivity contribution in [2.75, 3.05) is 19.0 Å². The summed E-state index contributed by atoms with van der Waals surface area (Å²) in [5.41, 5.74) is -0.720. The first-order valence-corrected chi connectivity index (χ1v) is 9.57. The lowest BCUT2D eigenvalue weighted by Gasteiger charge is -2.60. The number of hydrogen-bond donors (Lipinski definition) is 2. The molecule has 0 atom stereocenters. The Morgan fingerprint density at radius 3 is 2.11 bits per heavy atom. The molecule has 4 saturated carbocycles. The van der Waals surface area contributed by atoms with E-state index >= 15 is 0 Å². The van der Waals surface area contributed by atoms with Crippen LogP contribution in [0.4, 0.5) is 23.7 Å². The summed E-state index contributed by atoms with van der Waals surface area (Å²) in [6.07, 6.45) is 1.64. The minimum absolute atomic E-state index is 0.315. The Morgan fingerprint density at radius 2 is 1.63 bits per heavy atom. The number of carbonyl (C=O) groups is 1. The summed E-state index contributed by atoms with van der Waals surface area (Å²) < 4.78 is 43.9. The lowest BCUT2D eigenvalue weighted by atomic mass is 9.49. The van der Waals surface area contributed by atoms with E-state index in [9.17, 15) is 18.0 Å². The average Bonchev–Trinajstić information content (AvgIpc) is 2.61. The van der Waals surface area contributed by atoms with Crippen LogP contribution in [-0.2, 0) is 10.9 Å². The van der Waals surface area contributed by atoms with E-state index in [0.717, 1.165) is 24.0 Å². The molecule has 0 heterocycles. The second-order valence-corrected chi connectivity index (χ2v) is 8.35. The van der Waals surface area contributed by atoms with Gasteiger partial charge in [0.1, 0.15) is 0 Å². The zero-order chi connectivity index (χ0) is 19.2. The Kier molecular flexibility index (Phi) is 4.61. The minimum atomic E-state index is -4.38. The summed E-state index contributed by atoms with van der Waals surface area (Å²) in [5.74, 6) is 2.56. The normalized spacial score (nSPS) is 34.5. The van der Waals surface area contributed by atoms with Crippen LogP contribution in [0.15, 0.2) is 24.3 Å².